The van der Waals surface area contributed by atoms with Crippen LogP contribution in [0.25, 0.3) is 0 Å². The topological polar surface area (TPSA) is 32.3 Å². The quantitative estimate of drug-likeness (QED) is 0.313. The lowest BCUT2D eigenvalue weighted by molar-refractivity contribution is -0.137. The molecule has 0 spiro atoms. The molecule has 3 aromatic rings. The number of carbonyl (C=O) groups is 1. The summed E-state index contributed by atoms with van der Waals surface area (Å²) in [6, 6.07) is 20.7. The summed E-state index contributed by atoms with van der Waals surface area (Å²) in [5.74, 6) is 0.341. The van der Waals surface area contributed by atoms with Crippen LogP contribution in [0.15, 0.2) is 72.8 Å². The molecule has 2 fully saturated rings. The van der Waals surface area contributed by atoms with Crippen molar-refractivity contribution in [2.24, 2.45) is 0 Å². The summed E-state index contributed by atoms with van der Waals surface area (Å²) in [7, 11) is 0. The van der Waals surface area contributed by atoms with Gasteiger partial charge in [0, 0.05) is 6.04 Å². The van der Waals surface area contributed by atoms with E-state index in [1.54, 1.807) is 25.1 Å². The molecule has 8 heteroatoms. The lowest BCUT2D eigenvalue weighted by Crippen LogP contribution is -2.46. The Bertz CT molecular complexity index is 1340. The molecule has 1 aliphatic carbocycles. The zero-order valence-corrected chi connectivity index (χ0v) is 23.9. The average Bonchev–Trinajstić information content (AvgIpc) is 3.41. The van der Waals surface area contributed by atoms with Crippen LogP contribution in [0.3, 0.4) is 0 Å². The molecule has 212 valence electrons. The van der Waals surface area contributed by atoms with Gasteiger partial charge in [-0.25, -0.2) is 0 Å². The molecule has 1 amide bonds. The van der Waals surface area contributed by atoms with Crippen LogP contribution < -0.4 is 5.32 Å². The Labute approximate surface area is 243 Å². The third kappa shape index (κ3) is 6.05. The van der Waals surface area contributed by atoms with Crippen molar-refractivity contribution in [1.29, 1.82) is 0 Å². The number of carbonyl (C=O) groups excluding carboxylic acids is 1. The van der Waals surface area contributed by atoms with Crippen LogP contribution in [-0.2, 0) is 16.4 Å². The van der Waals surface area contributed by atoms with E-state index in [0.29, 0.717) is 34.4 Å². The van der Waals surface area contributed by atoms with Gasteiger partial charge in [0.25, 0.3) is 0 Å². The molecule has 3 aromatic carbocycles. The molecule has 1 saturated heterocycles. The van der Waals surface area contributed by atoms with Crippen molar-refractivity contribution in [2.75, 3.05) is 13.1 Å². The molecule has 0 aromatic heterocycles. The van der Waals surface area contributed by atoms with Crippen molar-refractivity contribution >= 4 is 29.1 Å². The van der Waals surface area contributed by atoms with Gasteiger partial charge in [-0.05, 0) is 99.0 Å². The number of rotatable bonds is 6. The number of halogens is 5. The predicted molar refractivity (Wildman–Crippen MR) is 154 cm³/mol. The van der Waals surface area contributed by atoms with Gasteiger partial charge in [-0.3, -0.25) is 4.79 Å². The number of amides is 1. The van der Waals surface area contributed by atoms with Crippen molar-refractivity contribution in [2.45, 2.75) is 68.6 Å². The fourth-order valence-electron chi connectivity index (χ4n) is 6.45. The number of piperidine rings is 1. The second-order valence-corrected chi connectivity index (χ2v) is 12.0. The summed E-state index contributed by atoms with van der Waals surface area (Å²) >= 11 is 12.6. The van der Waals surface area contributed by atoms with Gasteiger partial charge in [0.05, 0.1) is 27.1 Å². The Hall–Kier alpha value is -2.54. The second kappa shape index (κ2) is 11.8. The van der Waals surface area contributed by atoms with Crippen LogP contribution in [-0.4, -0.2) is 29.9 Å². The Morgan fingerprint density at radius 3 is 2.35 bits per heavy atom. The van der Waals surface area contributed by atoms with Gasteiger partial charge in [0.2, 0.25) is 5.91 Å². The van der Waals surface area contributed by atoms with E-state index in [4.69, 9.17) is 23.2 Å². The maximum atomic E-state index is 14.1. The van der Waals surface area contributed by atoms with Crippen LogP contribution in [0.2, 0.25) is 10.0 Å². The summed E-state index contributed by atoms with van der Waals surface area (Å²) in [4.78, 5) is 16.6. The van der Waals surface area contributed by atoms with Crippen molar-refractivity contribution in [3.05, 3.63) is 105 Å². The highest BCUT2D eigenvalue weighted by atomic mass is 35.5. The fraction of sp³-hybridized carbons (Fsp3) is 0.406. The molecule has 2 aliphatic rings. The number of nitrogens with zero attached hydrogens (tertiary/aromatic N) is 1. The third-order valence-electron chi connectivity index (χ3n) is 8.77. The standard InChI is InChI=1S/C32H33Cl2F3N2O/c1-21(24-8-5-9-26(18-24)32(35,36)37)38-30(40)31(25-10-11-28(33)29(34)19-25)15-12-27(20-31)39-16-13-23(14-17-39)22-6-3-2-4-7-22/h2-11,18-19,21,23,27H,12-17,20H2,1H3,(H,38,40). The van der Waals surface area contributed by atoms with Gasteiger partial charge in [0.15, 0.2) is 0 Å². The zero-order valence-electron chi connectivity index (χ0n) is 22.4. The van der Waals surface area contributed by atoms with Crippen LogP contribution in [0, 0.1) is 0 Å². The maximum Gasteiger partial charge on any atom is 0.416 e. The van der Waals surface area contributed by atoms with Gasteiger partial charge < -0.3 is 10.2 Å². The molecule has 1 aliphatic heterocycles. The molecule has 1 N–H and O–H groups in total. The molecule has 3 atom stereocenters. The van der Waals surface area contributed by atoms with E-state index >= 15 is 0 Å². The summed E-state index contributed by atoms with van der Waals surface area (Å²) in [5.41, 5.74) is 0.986. The number of hydrogen-bond donors (Lipinski definition) is 1. The van der Waals surface area contributed by atoms with E-state index in [1.165, 1.54) is 11.6 Å². The lowest BCUT2D eigenvalue weighted by Gasteiger charge is -2.37. The molecular formula is C32H33Cl2F3N2O. The first-order chi connectivity index (χ1) is 19.1. The fourth-order valence-corrected chi connectivity index (χ4v) is 6.75. The highest BCUT2D eigenvalue weighted by molar-refractivity contribution is 6.42. The van der Waals surface area contributed by atoms with E-state index in [9.17, 15) is 18.0 Å². The third-order valence-corrected chi connectivity index (χ3v) is 9.51. The summed E-state index contributed by atoms with van der Waals surface area (Å²) < 4.78 is 40.0. The van der Waals surface area contributed by atoms with Crippen LogP contribution in [0.5, 0.6) is 0 Å². The SMILES string of the molecule is CC(NC(=O)C1(c2ccc(Cl)c(Cl)c2)CCC(N2CCC(c3ccccc3)CC2)C1)c1cccc(C(F)(F)F)c1. The van der Waals surface area contributed by atoms with Gasteiger partial charge in [-0.1, -0.05) is 71.7 Å². The zero-order chi connectivity index (χ0) is 28.5. The predicted octanol–water partition coefficient (Wildman–Crippen LogP) is 8.56. The molecule has 40 heavy (non-hydrogen) atoms. The van der Waals surface area contributed by atoms with Crippen LogP contribution >= 0.6 is 23.2 Å². The average molecular weight is 590 g/mol. The van der Waals surface area contributed by atoms with Crippen LogP contribution in [0.4, 0.5) is 13.2 Å². The monoisotopic (exact) mass is 588 g/mol. The van der Waals surface area contributed by atoms with Crippen molar-refractivity contribution in [3.63, 3.8) is 0 Å². The molecule has 5 rings (SSSR count). The highest BCUT2D eigenvalue weighted by Crippen LogP contribution is 2.46. The smallest absolute Gasteiger partial charge is 0.349 e. The molecule has 3 unspecified atom stereocenters. The van der Waals surface area contributed by atoms with E-state index in [0.717, 1.165) is 50.0 Å². The number of alkyl halides is 3. The minimum Gasteiger partial charge on any atom is -0.349 e. The lowest BCUT2D eigenvalue weighted by atomic mass is 9.77. The van der Waals surface area contributed by atoms with Crippen molar-refractivity contribution in [3.8, 4) is 0 Å². The maximum absolute atomic E-state index is 14.1. The molecule has 3 nitrogen and oxygen atoms in total. The minimum absolute atomic E-state index is 0.197. The van der Waals surface area contributed by atoms with Gasteiger partial charge in [0.1, 0.15) is 0 Å². The Balaban J connectivity index is 1.35. The van der Waals surface area contributed by atoms with Gasteiger partial charge in [-0.15, -0.1) is 0 Å². The summed E-state index contributed by atoms with van der Waals surface area (Å²) in [6.07, 6.45) is -0.231. The highest BCUT2D eigenvalue weighted by Gasteiger charge is 2.49. The summed E-state index contributed by atoms with van der Waals surface area (Å²) in [6.45, 7) is 3.64. The van der Waals surface area contributed by atoms with E-state index in [2.05, 4.69) is 34.5 Å². The van der Waals surface area contributed by atoms with Crippen LogP contribution in [0.1, 0.15) is 73.2 Å². The first kappa shape index (κ1) is 29.0. The Kier molecular flexibility index (Phi) is 8.51. The number of nitrogens with one attached hydrogen (secondary N) is 1. The first-order valence-corrected chi connectivity index (χ1v) is 14.5. The van der Waals surface area contributed by atoms with E-state index < -0.39 is 23.2 Å². The van der Waals surface area contributed by atoms with E-state index in [-0.39, 0.29) is 11.9 Å². The Morgan fingerprint density at radius 1 is 0.950 bits per heavy atom. The number of benzene rings is 3. The largest absolute Gasteiger partial charge is 0.416 e. The van der Waals surface area contributed by atoms with E-state index in [1.807, 2.05) is 12.1 Å². The molecule has 0 radical (unpaired) electrons. The Morgan fingerprint density at radius 2 is 1.68 bits per heavy atom. The molecule has 1 saturated carbocycles. The van der Waals surface area contributed by atoms with Crippen molar-refractivity contribution < 1.29 is 18.0 Å². The second-order valence-electron chi connectivity index (χ2n) is 11.1. The number of hydrogen-bond acceptors (Lipinski definition) is 2. The molecular weight excluding hydrogens is 556 g/mol. The number of likely N-dealkylation sites (tertiary alicyclic amines) is 1. The minimum atomic E-state index is -4.45. The molecule has 0 bridgehead atoms. The molecule has 1 heterocycles. The van der Waals surface area contributed by atoms with Gasteiger partial charge >= 0.3 is 6.18 Å². The first-order valence-electron chi connectivity index (χ1n) is 13.8. The normalized spacial score (nSPS) is 23.2. The van der Waals surface area contributed by atoms with Crippen molar-refractivity contribution in [1.82, 2.24) is 10.2 Å². The van der Waals surface area contributed by atoms with Gasteiger partial charge in [-0.2, -0.15) is 13.2 Å². The summed E-state index contributed by atoms with van der Waals surface area (Å²) in [5, 5.41) is 3.83.